The SMILES string of the molecule is CC1(COc2ccc3c(c2)CNC3)CCCS1. The normalized spacial score (nSPS) is 27.1. The Morgan fingerprint density at radius 2 is 2.24 bits per heavy atom. The standard InChI is InChI=1S/C14H19NOS/c1-14(5-2-6-17-14)10-16-13-4-3-11-8-15-9-12(11)7-13/h3-4,7,15H,2,5-6,8-10H2,1H3. The molecule has 1 N–H and O–H groups in total. The largest absolute Gasteiger partial charge is 0.492 e. The highest BCUT2D eigenvalue weighted by Crippen LogP contribution is 2.38. The zero-order chi connectivity index (χ0) is 11.7. The molecule has 2 heterocycles. The molecule has 2 aliphatic heterocycles. The molecule has 0 aromatic heterocycles. The lowest BCUT2D eigenvalue weighted by Gasteiger charge is -2.22. The Bertz CT molecular complexity index is 413. The highest BCUT2D eigenvalue weighted by molar-refractivity contribution is 8.00. The van der Waals surface area contributed by atoms with Crippen LogP contribution in [0.25, 0.3) is 0 Å². The number of benzene rings is 1. The molecule has 17 heavy (non-hydrogen) atoms. The Morgan fingerprint density at radius 1 is 1.35 bits per heavy atom. The number of ether oxygens (including phenoxy) is 1. The van der Waals surface area contributed by atoms with E-state index in [-0.39, 0.29) is 0 Å². The van der Waals surface area contributed by atoms with Gasteiger partial charge in [0.1, 0.15) is 12.4 Å². The Morgan fingerprint density at radius 3 is 3.06 bits per heavy atom. The maximum absolute atomic E-state index is 5.97. The molecule has 1 saturated heterocycles. The van der Waals surface area contributed by atoms with Crippen LogP contribution in [-0.4, -0.2) is 17.1 Å². The maximum atomic E-state index is 5.97. The van der Waals surface area contributed by atoms with Gasteiger partial charge in [0.25, 0.3) is 0 Å². The molecule has 92 valence electrons. The highest BCUT2D eigenvalue weighted by Gasteiger charge is 2.30. The van der Waals surface area contributed by atoms with Crippen LogP contribution in [0.1, 0.15) is 30.9 Å². The molecular formula is C14H19NOS. The van der Waals surface area contributed by atoms with Crippen molar-refractivity contribution >= 4 is 11.8 Å². The van der Waals surface area contributed by atoms with E-state index in [4.69, 9.17) is 4.74 Å². The number of thioether (sulfide) groups is 1. The van der Waals surface area contributed by atoms with Crippen molar-refractivity contribution in [3.05, 3.63) is 29.3 Å². The Labute approximate surface area is 107 Å². The minimum atomic E-state index is 0.331. The van der Waals surface area contributed by atoms with E-state index in [1.807, 2.05) is 0 Å². The summed E-state index contributed by atoms with van der Waals surface area (Å²) in [4.78, 5) is 0. The van der Waals surface area contributed by atoms with Gasteiger partial charge < -0.3 is 10.1 Å². The molecule has 2 nitrogen and oxygen atoms in total. The van der Waals surface area contributed by atoms with Gasteiger partial charge in [0.15, 0.2) is 0 Å². The molecule has 0 bridgehead atoms. The highest BCUT2D eigenvalue weighted by atomic mass is 32.2. The van der Waals surface area contributed by atoms with Crippen molar-refractivity contribution in [3.63, 3.8) is 0 Å². The van der Waals surface area contributed by atoms with Crippen molar-refractivity contribution in [1.82, 2.24) is 5.32 Å². The van der Waals surface area contributed by atoms with Crippen LogP contribution in [0.4, 0.5) is 0 Å². The number of fused-ring (bicyclic) bond motifs is 1. The summed E-state index contributed by atoms with van der Waals surface area (Å²) in [5.74, 6) is 2.31. The first-order chi connectivity index (χ1) is 8.25. The third-order valence-corrected chi connectivity index (χ3v) is 5.16. The van der Waals surface area contributed by atoms with Gasteiger partial charge in [-0.15, -0.1) is 0 Å². The number of hydrogen-bond donors (Lipinski definition) is 1. The Kier molecular flexibility index (Phi) is 3.05. The van der Waals surface area contributed by atoms with Crippen LogP contribution in [-0.2, 0) is 13.1 Å². The van der Waals surface area contributed by atoms with Gasteiger partial charge in [0.05, 0.1) is 0 Å². The average Bonchev–Trinajstić information content (AvgIpc) is 2.95. The van der Waals surface area contributed by atoms with Gasteiger partial charge in [-0.1, -0.05) is 6.07 Å². The monoisotopic (exact) mass is 249 g/mol. The van der Waals surface area contributed by atoms with Gasteiger partial charge in [-0.05, 0) is 48.8 Å². The van der Waals surface area contributed by atoms with Crippen LogP contribution in [0.15, 0.2) is 18.2 Å². The topological polar surface area (TPSA) is 21.3 Å². The molecule has 1 unspecified atom stereocenters. The molecule has 0 saturated carbocycles. The fourth-order valence-corrected chi connectivity index (χ4v) is 3.76. The van der Waals surface area contributed by atoms with Crippen molar-refractivity contribution in [1.29, 1.82) is 0 Å². The summed E-state index contributed by atoms with van der Waals surface area (Å²) in [6, 6.07) is 6.49. The zero-order valence-electron chi connectivity index (χ0n) is 10.3. The Hall–Kier alpha value is -0.670. The first kappa shape index (κ1) is 11.4. The van der Waals surface area contributed by atoms with Crippen LogP contribution in [0.3, 0.4) is 0 Å². The Balaban J connectivity index is 1.65. The van der Waals surface area contributed by atoms with E-state index >= 15 is 0 Å². The minimum absolute atomic E-state index is 0.331. The second kappa shape index (κ2) is 4.54. The maximum Gasteiger partial charge on any atom is 0.119 e. The summed E-state index contributed by atoms with van der Waals surface area (Å²) in [7, 11) is 0. The van der Waals surface area contributed by atoms with Gasteiger partial charge in [-0.25, -0.2) is 0 Å². The van der Waals surface area contributed by atoms with Gasteiger partial charge in [-0.2, -0.15) is 11.8 Å². The second-order valence-electron chi connectivity index (χ2n) is 5.22. The molecule has 0 spiro atoms. The van der Waals surface area contributed by atoms with Crippen LogP contribution in [0.2, 0.25) is 0 Å². The summed E-state index contributed by atoms with van der Waals surface area (Å²) >= 11 is 2.05. The van der Waals surface area contributed by atoms with Crippen LogP contribution < -0.4 is 10.1 Å². The van der Waals surface area contributed by atoms with Crippen molar-refractivity contribution in [2.24, 2.45) is 0 Å². The summed E-state index contributed by atoms with van der Waals surface area (Å²) in [5.41, 5.74) is 2.81. The number of rotatable bonds is 3. The van der Waals surface area contributed by atoms with E-state index in [0.717, 1.165) is 25.4 Å². The quantitative estimate of drug-likeness (QED) is 0.890. The minimum Gasteiger partial charge on any atom is -0.492 e. The third kappa shape index (κ3) is 2.45. The lowest BCUT2D eigenvalue weighted by Crippen LogP contribution is -2.25. The summed E-state index contributed by atoms with van der Waals surface area (Å²) < 4.78 is 6.30. The predicted molar refractivity (Wildman–Crippen MR) is 72.6 cm³/mol. The first-order valence-electron chi connectivity index (χ1n) is 6.34. The average molecular weight is 249 g/mol. The lowest BCUT2D eigenvalue weighted by molar-refractivity contribution is 0.275. The summed E-state index contributed by atoms with van der Waals surface area (Å²) in [6.07, 6.45) is 2.61. The van der Waals surface area contributed by atoms with Crippen molar-refractivity contribution < 1.29 is 4.74 Å². The summed E-state index contributed by atoms with van der Waals surface area (Å²) in [5, 5.41) is 3.36. The van der Waals surface area contributed by atoms with E-state index in [9.17, 15) is 0 Å². The van der Waals surface area contributed by atoms with Gasteiger partial charge >= 0.3 is 0 Å². The van der Waals surface area contributed by atoms with Crippen LogP contribution in [0, 0.1) is 0 Å². The van der Waals surface area contributed by atoms with Gasteiger partial charge in [-0.3, -0.25) is 0 Å². The van der Waals surface area contributed by atoms with Crippen molar-refractivity contribution in [2.75, 3.05) is 12.4 Å². The van der Waals surface area contributed by atoms with Gasteiger partial charge in [0, 0.05) is 17.8 Å². The zero-order valence-corrected chi connectivity index (χ0v) is 11.1. The molecule has 0 amide bonds. The van der Waals surface area contributed by atoms with Crippen LogP contribution >= 0.6 is 11.8 Å². The molecule has 0 aliphatic carbocycles. The molecule has 2 aliphatic rings. The van der Waals surface area contributed by atoms with E-state index in [1.165, 1.54) is 29.7 Å². The predicted octanol–water partition coefficient (Wildman–Crippen LogP) is 2.95. The van der Waals surface area contributed by atoms with E-state index in [0.29, 0.717) is 4.75 Å². The third-order valence-electron chi connectivity index (χ3n) is 3.65. The molecule has 1 atom stereocenters. The van der Waals surface area contributed by atoms with Crippen LogP contribution in [0.5, 0.6) is 5.75 Å². The number of nitrogens with one attached hydrogen (secondary N) is 1. The molecule has 0 radical (unpaired) electrons. The fraction of sp³-hybridized carbons (Fsp3) is 0.571. The van der Waals surface area contributed by atoms with E-state index in [2.05, 4.69) is 42.2 Å². The number of hydrogen-bond acceptors (Lipinski definition) is 3. The molecule has 1 fully saturated rings. The van der Waals surface area contributed by atoms with E-state index in [1.54, 1.807) is 0 Å². The first-order valence-corrected chi connectivity index (χ1v) is 7.33. The second-order valence-corrected chi connectivity index (χ2v) is 6.91. The lowest BCUT2D eigenvalue weighted by atomic mass is 10.1. The molecule has 3 rings (SSSR count). The molecular weight excluding hydrogens is 230 g/mol. The molecule has 1 aromatic carbocycles. The fourth-order valence-electron chi connectivity index (χ4n) is 2.55. The van der Waals surface area contributed by atoms with Gasteiger partial charge in [0.2, 0.25) is 0 Å². The molecule has 3 heteroatoms. The smallest absolute Gasteiger partial charge is 0.119 e. The van der Waals surface area contributed by atoms with E-state index < -0.39 is 0 Å². The molecule has 1 aromatic rings. The van der Waals surface area contributed by atoms with Crippen molar-refractivity contribution in [2.45, 2.75) is 37.6 Å². The summed E-state index contributed by atoms with van der Waals surface area (Å²) in [6.45, 7) is 5.14. The van der Waals surface area contributed by atoms with Crippen molar-refractivity contribution in [3.8, 4) is 5.75 Å².